The number of nitrogens with one attached hydrogen (secondary N) is 1. The third-order valence-corrected chi connectivity index (χ3v) is 4.84. The lowest BCUT2D eigenvalue weighted by Crippen LogP contribution is -2.45. The second kappa shape index (κ2) is 6.38. The average molecular weight is 333 g/mol. The molecule has 2 nitrogen and oxygen atoms in total. The SMILES string of the molecule is FC(F)(F)c1ccc([C@H](CC2CC2)N2CCNCC2)cc1Cl. The molecule has 0 bridgehead atoms. The third-order valence-electron chi connectivity index (χ3n) is 4.53. The highest BCUT2D eigenvalue weighted by atomic mass is 35.5. The zero-order valence-corrected chi connectivity index (χ0v) is 13.1. The van der Waals surface area contributed by atoms with Crippen LogP contribution < -0.4 is 5.32 Å². The Morgan fingerprint density at radius 2 is 1.91 bits per heavy atom. The highest BCUT2D eigenvalue weighted by Gasteiger charge is 2.35. The first-order valence-electron chi connectivity index (χ1n) is 7.76. The smallest absolute Gasteiger partial charge is 0.314 e. The van der Waals surface area contributed by atoms with E-state index in [9.17, 15) is 13.2 Å². The molecular formula is C16H20ClF3N2. The van der Waals surface area contributed by atoms with E-state index in [1.54, 1.807) is 6.07 Å². The molecule has 1 heterocycles. The van der Waals surface area contributed by atoms with Crippen LogP contribution in [0.5, 0.6) is 0 Å². The van der Waals surface area contributed by atoms with Crippen molar-refractivity contribution in [2.75, 3.05) is 26.2 Å². The van der Waals surface area contributed by atoms with Gasteiger partial charge >= 0.3 is 6.18 Å². The van der Waals surface area contributed by atoms with E-state index in [1.165, 1.54) is 18.9 Å². The fourth-order valence-corrected chi connectivity index (χ4v) is 3.42. The fourth-order valence-electron chi connectivity index (χ4n) is 3.13. The molecule has 22 heavy (non-hydrogen) atoms. The van der Waals surface area contributed by atoms with Gasteiger partial charge in [0.05, 0.1) is 10.6 Å². The topological polar surface area (TPSA) is 15.3 Å². The number of hydrogen-bond donors (Lipinski definition) is 1. The van der Waals surface area contributed by atoms with Crippen LogP contribution in [0.4, 0.5) is 13.2 Å². The lowest BCUT2D eigenvalue weighted by Gasteiger charge is -2.35. The Balaban J connectivity index is 1.84. The van der Waals surface area contributed by atoms with Crippen LogP contribution in [-0.4, -0.2) is 31.1 Å². The number of alkyl halides is 3. The van der Waals surface area contributed by atoms with Gasteiger partial charge in [0.25, 0.3) is 0 Å². The van der Waals surface area contributed by atoms with Crippen molar-refractivity contribution in [1.82, 2.24) is 10.2 Å². The van der Waals surface area contributed by atoms with E-state index < -0.39 is 11.7 Å². The first kappa shape index (κ1) is 16.1. The van der Waals surface area contributed by atoms with Gasteiger partial charge in [-0.05, 0) is 30.0 Å². The van der Waals surface area contributed by atoms with E-state index in [1.807, 2.05) is 0 Å². The number of benzene rings is 1. The monoisotopic (exact) mass is 332 g/mol. The number of hydrogen-bond acceptors (Lipinski definition) is 2. The Labute approximate surface area is 133 Å². The summed E-state index contributed by atoms with van der Waals surface area (Å²) in [6.45, 7) is 3.71. The molecule has 2 aliphatic rings. The maximum Gasteiger partial charge on any atom is 0.417 e. The van der Waals surface area contributed by atoms with Crippen molar-refractivity contribution >= 4 is 11.6 Å². The summed E-state index contributed by atoms with van der Waals surface area (Å²) in [6, 6.07) is 4.41. The van der Waals surface area contributed by atoms with Crippen LogP contribution in [-0.2, 0) is 6.18 Å². The zero-order valence-electron chi connectivity index (χ0n) is 12.3. The standard InChI is InChI=1S/C16H20ClF3N2/c17-14-10-12(3-4-13(14)16(18,19)20)15(9-11-1-2-11)22-7-5-21-6-8-22/h3-4,10-11,15,21H,1-2,5-9H2/t15-/m0/s1. The predicted molar refractivity (Wildman–Crippen MR) is 81.0 cm³/mol. The molecule has 2 fully saturated rings. The molecule has 3 rings (SSSR count). The maximum absolute atomic E-state index is 12.9. The van der Waals surface area contributed by atoms with E-state index in [2.05, 4.69) is 10.2 Å². The van der Waals surface area contributed by atoms with Crippen molar-refractivity contribution in [1.29, 1.82) is 0 Å². The van der Waals surface area contributed by atoms with Gasteiger partial charge in [0.2, 0.25) is 0 Å². The quantitative estimate of drug-likeness (QED) is 0.892. The van der Waals surface area contributed by atoms with Crippen LogP contribution >= 0.6 is 11.6 Å². The molecule has 0 aromatic heterocycles. The van der Waals surface area contributed by atoms with Gasteiger partial charge in [-0.2, -0.15) is 13.2 Å². The fraction of sp³-hybridized carbons (Fsp3) is 0.625. The number of nitrogens with zero attached hydrogens (tertiary/aromatic N) is 1. The molecule has 1 aliphatic carbocycles. The molecule has 0 radical (unpaired) electrons. The molecule has 122 valence electrons. The maximum atomic E-state index is 12.9. The Kier molecular flexibility index (Phi) is 4.67. The van der Waals surface area contributed by atoms with Crippen molar-refractivity contribution < 1.29 is 13.2 Å². The van der Waals surface area contributed by atoms with Crippen LogP contribution in [0.15, 0.2) is 18.2 Å². The first-order valence-corrected chi connectivity index (χ1v) is 8.14. The summed E-state index contributed by atoms with van der Waals surface area (Å²) in [6.07, 6.45) is -0.910. The van der Waals surface area contributed by atoms with Crippen LogP contribution in [0, 0.1) is 5.92 Å². The minimum atomic E-state index is -4.39. The third kappa shape index (κ3) is 3.76. The number of halogens is 4. The van der Waals surface area contributed by atoms with Crippen molar-refractivity contribution in [2.24, 2.45) is 5.92 Å². The summed E-state index contributed by atoms with van der Waals surface area (Å²) in [5, 5.41) is 3.12. The van der Waals surface area contributed by atoms with Gasteiger partial charge in [0.1, 0.15) is 0 Å². The second-order valence-corrected chi connectivity index (χ2v) is 6.63. The van der Waals surface area contributed by atoms with E-state index in [0.29, 0.717) is 5.92 Å². The van der Waals surface area contributed by atoms with Crippen molar-refractivity contribution in [3.05, 3.63) is 34.3 Å². The first-order chi connectivity index (χ1) is 10.4. The van der Waals surface area contributed by atoms with Gasteiger partial charge < -0.3 is 5.32 Å². The van der Waals surface area contributed by atoms with Crippen LogP contribution in [0.3, 0.4) is 0 Å². The Morgan fingerprint density at radius 1 is 1.23 bits per heavy atom. The van der Waals surface area contributed by atoms with Gasteiger partial charge in [-0.1, -0.05) is 30.5 Å². The number of piperazine rings is 1. The Hall–Kier alpha value is -0.780. The minimum Gasteiger partial charge on any atom is -0.314 e. The molecule has 1 atom stereocenters. The van der Waals surface area contributed by atoms with Gasteiger partial charge in [-0.25, -0.2) is 0 Å². The van der Waals surface area contributed by atoms with Gasteiger partial charge in [-0.3, -0.25) is 4.90 Å². The van der Waals surface area contributed by atoms with Crippen LogP contribution in [0.1, 0.15) is 36.4 Å². The lowest BCUT2D eigenvalue weighted by atomic mass is 9.97. The van der Waals surface area contributed by atoms with Crippen molar-refractivity contribution in [3.8, 4) is 0 Å². The summed E-state index contributed by atoms with van der Waals surface area (Å²) >= 11 is 5.90. The highest BCUT2D eigenvalue weighted by molar-refractivity contribution is 6.31. The van der Waals surface area contributed by atoms with E-state index in [0.717, 1.165) is 44.2 Å². The molecule has 1 N–H and O–H groups in total. The van der Waals surface area contributed by atoms with E-state index >= 15 is 0 Å². The lowest BCUT2D eigenvalue weighted by molar-refractivity contribution is -0.137. The van der Waals surface area contributed by atoms with Gasteiger partial charge in [-0.15, -0.1) is 0 Å². The molecular weight excluding hydrogens is 313 g/mol. The van der Waals surface area contributed by atoms with Gasteiger partial charge in [0.15, 0.2) is 0 Å². The van der Waals surface area contributed by atoms with E-state index in [-0.39, 0.29) is 11.1 Å². The molecule has 0 spiro atoms. The zero-order chi connectivity index (χ0) is 15.7. The molecule has 1 saturated heterocycles. The second-order valence-electron chi connectivity index (χ2n) is 6.22. The van der Waals surface area contributed by atoms with Gasteiger partial charge in [0, 0.05) is 32.2 Å². The molecule has 1 saturated carbocycles. The number of rotatable bonds is 4. The van der Waals surface area contributed by atoms with Crippen LogP contribution in [0.25, 0.3) is 0 Å². The Morgan fingerprint density at radius 3 is 2.45 bits per heavy atom. The summed E-state index contributed by atoms with van der Waals surface area (Å²) in [5.74, 6) is 0.709. The molecule has 6 heteroatoms. The molecule has 0 unspecified atom stereocenters. The Bertz CT molecular complexity index is 523. The summed E-state index contributed by atoms with van der Waals surface area (Å²) in [5.41, 5.74) is 0.162. The van der Waals surface area contributed by atoms with E-state index in [4.69, 9.17) is 11.6 Å². The van der Waals surface area contributed by atoms with Crippen molar-refractivity contribution in [2.45, 2.75) is 31.5 Å². The molecule has 1 aliphatic heterocycles. The minimum absolute atomic E-state index is 0.175. The summed E-state index contributed by atoms with van der Waals surface area (Å²) in [7, 11) is 0. The summed E-state index contributed by atoms with van der Waals surface area (Å²) in [4.78, 5) is 2.37. The highest BCUT2D eigenvalue weighted by Crippen LogP contribution is 2.42. The average Bonchev–Trinajstić information content (AvgIpc) is 3.28. The largest absolute Gasteiger partial charge is 0.417 e. The molecule has 0 amide bonds. The normalized spacial score (nSPS) is 21.8. The molecule has 1 aromatic carbocycles. The molecule has 1 aromatic rings. The summed E-state index contributed by atoms with van der Waals surface area (Å²) < 4.78 is 38.6. The van der Waals surface area contributed by atoms with Crippen molar-refractivity contribution in [3.63, 3.8) is 0 Å². The van der Waals surface area contributed by atoms with Crippen LogP contribution in [0.2, 0.25) is 5.02 Å². The predicted octanol–water partition coefficient (Wildman–Crippen LogP) is 4.11.